The lowest BCUT2D eigenvalue weighted by molar-refractivity contribution is -0.232. The van der Waals surface area contributed by atoms with Gasteiger partial charge in [0.05, 0.1) is 0 Å². The van der Waals surface area contributed by atoms with Gasteiger partial charge in [-0.1, -0.05) is 45.0 Å². The molecule has 1 saturated heterocycles. The Morgan fingerprint density at radius 2 is 1.48 bits per heavy atom. The molecule has 4 heteroatoms. The topological polar surface area (TPSA) is 52.6 Å². The van der Waals surface area contributed by atoms with Gasteiger partial charge in [0, 0.05) is 12.8 Å². The highest BCUT2D eigenvalue weighted by molar-refractivity contribution is 6.18. The molecule has 0 amide bonds. The van der Waals surface area contributed by atoms with Gasteiger partial charge in [0.25, 0.3) is 5.79 Å². The van der Waals surface area contributed by atoms with Crippen molar-refractivity contribution in [2.45, 2.75) is 57.7 Å². The number of carbonyl (C=O) groups excluding carboxylic acids is 2. The van der Waals surface area contributed by atoms with Crippen LogP contribution in [0.2, 0.25) is 0 Å². The molecule has 1 aromatic rings. The minimum atomic E-state index is -1.01. The quantitative estimate of drug-likeness (QED) is 0.450. The Bertz CT molecular complexity index is 634. The van der Waals surface area contributed by atoms with E-state index in [4.69, 9.17) is 9.47 Å². The molecule has 1 aromatic carbocycles. The zero-order valence-corrected chi connectivity index (χ0v) is 13.8. The van der Waals surface area contributed by atoms with E-state index in [9.17, 15) is 9.59 Å². The van der Waals surface area contributed by atoms with Gasteiger partial charge in [0.2, 0.25) is 0 Å². The maximum absolute atomic E-state index is 12.2. The lowest BCUT2D eigenvalue weighted by Crippen LogP contribution is -2.44. The van der Waals surface area contributed by atoms with Gasteiger partial charge in [-0.3, -0.25) is 0 Å². The number of carbonyl (C=O) groups is 2. The Labute approximate surface area is 136 Å². The van der Waals surface area contributed by atoms with Crippen LogP contribution in [0.4, 0.5) is 0 Å². The van der Waals surface area contributed by atoms with Crippen LogP contribution in [0.3, 0.4) is 0 Å². The average molecular weight is 314 g/mol. The molecule has 23 heavy (non-hydrogen) atoms. The van der Waals surface area contributed by atoms with Crippen LogP contribution in [0.15, 0.2) is 29.8 Å². The van der Waals surface area contributed by atoms with Gasteiger partial charge in [-0.2, -0.15) is 0 Å². The minimum Gasteiger partial charge on any atom is -0.419 e. The van der Waals surface area contributed by atoms with E-state index in [1.165, 1.54) is 5.56 Å². The van der Waals surface area contributed by atoms with Crippen molar-refractivity contribution in [3.05, 3.63) is 41.0 Å². The monoisotopic (exact) mass is 314 g/mol. The molecule has 0 N–H and O–H groups in total. The molecule has 0 radical (unpaired) electrons. The van der Waals surface area contributed by atoms with E-state index in [0.717, 1.165) is 18.4 Å². The Morgan fingerprint density at radius 1 is 0.957 bits per heavy atom. The molecule has 122 valence electrons. The summed E-state index contributed by atoms with van der Waals surface area (Å²) < 4.78 is 10.8. The van der Waals surface area contributed by atoms with Gasteiger partial charge in [0.1, 0.15) is 5.57 Å². The molecule has 2 fully saturated rings. The molecule has 0 bridgehead atoms. The largest absolute Gasteiger partial charge is 0.419 e. The van der Waals surface area contributed by atoms with Crippen LogP contribution in [0.5, 0.6) is 0 Å². The Kier molecular flexibility index (Phi) is 3.78. The second-order valence-corrected chi connectivity index (χ2v) is 7.33. The summed E-state index contributed by atoms with van der Waals surface area (Å²) in [5.74, 6) is -2.17. The van der Waals surface area contributed by atoms with E-state index in [2.05, 4.69) is 20.8 Å². The predicted molar refractivity (Wildman–Crippen MR) is 86.5 cm³/mol. The molecular formula is C19H22O4. The first kappa shape index (κ1) is 15.8. The third-order valence-corrected chi connectivity index (χ3v) is 4.45. The summed E-state index contributed by atoms with van der Waals surface area (Å²) in [5.41, 5.74) is 2.00. The predicted octanol–water partition coefficient (Wildman–Crippen LogP) is 3.74. The second kappa shape index (κ2) is 5.52. The lowest BCUT2D eigenvalue weighted by atomic mass is 9.86. The summed E-state index contributed by atoms with van der Waals surface area (Å²) in [6.45, 7) is 6.41. The Balaban J connectivity index is 1.82. The summed E-state index contributed by atoms with van der Waals surface area (Å²) in [5, 5.41) is 0. The van der Waals surface area contributed by atoms with Gasteiger partial charge >= 0.3 is 11.9 Å². The van der Waals surface area contributed by atoms with Crippen molar-refractivity contribution in [1.29, 1.82) is 0 Å². The number of esters is 2. The fourth-order valence-corrected chi connectivity index (χ4v) is 3.03. The van der Waals surface area contributed by atoms with Gasteiger partial charge in [-0.25, -0.2) is 9.59 Å². The van der Waals surface area contributed by atoms with Gasteiger partial charge in [0.15, 0.2) is 0 Å². The van der Waals surface area contributed by atoms with Crippen molar-refractivity contribution < 1.29 is 19.1 Å². The average Bonchev–Trinajstić information content (AvgIpc) is 2.90. The van der Waals surface area contributed by atoms with Crippen molar-refractivity contribution in [3.63, 3.8) is 0 Å². The van der Waals surface area contributed by atoms with Gasteiger partial charge < -0.3 is 9.47 Å². The lowest BCUT2D eigenvalue weighted by Gasteiger charge is -2.32. The molecule has 1 spiro atoms. The molecule has 1 aliphatic heterocycles. The second-order valence-electron chi connectivity index (χ2n) is 7.33. The van der Waals surface area contributed by atoms with Crippen molar-refractivity contribution in [1.82, 2.24) is 0 Å². The third-order valence-electron chi connectivity index (χ3n) is 4.45. The summed E-state index contributed by atoms with van der Waals surface area (Å²) in [7, 11) is 0. The van der Waals surface area contributed by atoms with Crippen LogP contribution < -0.4 is 0 Å². The first-order chi connectivity index (χ1) is 10.8. The van der Waals surface area contributed by atoms with E-state index in [0.29, 0.717) is 12.8 Å². The van der Waals surface area contributed by atoms with E-state index >= 15 is 0 Å². The van der Waals surface area contributed by atoms with Gasteiger partial charge in [-0.15, -0.1) is 0 Å². The zero-order chi connectivity index (χ0) is 16.7. The molecule has 0 aromatic heterocycles. The van der Waals surface area contributed by atoms with Crippen LogP contribution in [0.1, 0.15) is 57.6 Å². The highest BCUT2D eigenvalue weighted by atomic mass is 16.7. The number of ether oxygens (including phenoxy) is 2. The zero-order valence-electron chi connectivity index (χ0n) is 13.8. The Hall–Kier alpha value is -2.10. The maximum atomic E-state index is 12.2. The van der Waals surface area contributed by atoms with Crippen LogP contribution in [-0.2, 0) is 24.5 Å². The maximum Gasteiger partial charge on any atom is 0.348 e. The molecule has 4 nitrogen and oxygen atoms in total. The van der Waals surface area contributed by atoms with E-state index in [1.54, 1.807) is 6.08 Å². The number of hydrogen-bond acceptors (Lipinski definition) is 4. The molecule has 1 aliphatic carbocycles. The van der Waals surface area contributed by atoms with Gasteiger partial charge in [-0.05, 0) is 35.5 Å². The third kappa shape index (κ3) is 3.16. The summed E-state index contributed by atoms with van der Waals surface area (Å²) in [4.78, 5) is 24.4. The van der Waals surface area contributed by atoms with E-state index in [1.807, 2.05) is 24.3 Å². The van der Waals surface area contributed by atoms with Crippen molar-refractivity contribution in [2.75, 3.05) is 0 Å². The van der Waals surface area contributed by atoms with E-state index in [-0.39, 0.29) is 11.0 Å². The standard InChI is InChI=1S/C19H22O4/c1-18(2,3)14-8-6-13(7-9-14)12-15-16(20)22-19(23-17(15)21)10-4-5-11-19/h6-9,12H,4-5,10-11H2,1-3H3. The van der Waals surface area contributed by atoms with Crippen LogP contribution in [-0.4, -0.2) is 17.7 Å². The van der Waals surface area contributed by atoms with E-state index < -0.39 is 17.7 Å². The van der Waals surface area contributed by atoms with Crippen molar-refractivity contribution in [3.8, 4) is 0 Å². The highest BCUT2D eigenvalue weighted by Gasteiger charge is 2.47. The first-order valence-electron chi connectivity index (χ1n) is 8.08. The number of rotatable bonds is 1. The normalized spacial score (nSPS) is 20.4. The fraction of sp³-hybridized carbons (Fsp3) is 0.474. The summed E-state index contributed by atoms with van der Waals surface area (Å²) >= 11 is 0. The molecule has 3 rings (SSSR count). The van der Waals surface area contributed by atoms with Crippen LogP contribution in [0.25, 0.3) is 6.08 Å². The molecule has 1 saturated carbocycles. The van der Waals surface area contributed by atoms with Crippen LogP contribution >= 0.6 is 0 Å². The Morgan fingerprint density at radius 3 is 1.96 bits per heavy atom. The first-order valence-corrected chi connectivity index (χ1v) is 8.08. The van der Waals surface area contributed by atoms with Crippen molar-refractivity contribution in [2.24, 2.45) is 0 Å². The minimum absolute atomic E-state index is 0.0361. The molecule has 0 atom stereocenters. The SMILES string of the molecule is CC(C)(C)c1ccc(C=C2C(=O)OC3(CCCC3)OC2=O)cc1. The molecule has 2 aliphatic rings. The molecule has 0 unspecified atom stereocenters. The number of hydrogen-bond donors (Lipinski definition) is 0. The molecular weight excluding hydrogens is 292 g/mol. The van der Waals surface area contributed by atoms with Crippen LogP contribution in [0, 0.1) is 0 Å². The van der Waals surface area contributed by atoms with Crippen molar-refractivity contribution >= 4 is 18.0 Å². The smallest absolute Gasteiger partial charge is 0.348 e. The fourth-order valence-electron chi connectivity index (χ4n) is 3.03. The highest BCUT2D eigenvalue weighted by Crippen LogP contribution is 2.38. The summed E-state index contributed by atoms with van der Waals surface area (Å²) in [6, 6.07) is 7.80. The molecule has 1 heterocycles. The summed E-state index contributed by atoms with van der Waals surface area (Å²) in [6.07, 6.45) is 4.55. The number of benzene rings is 1.